The second-order valence-electron chi connectivity index (χ2n) is 16.1. The van der Waals surface area contributed by atoms with Crippen LogP contribution in [-0.4, -0.2) is 86.6 Å². The van der Waals surface area contributed by atoms with E-state index in [1.165, 1.54) is 6.33 Å². The molecule has 0 aliphatic carbocycles. The summed E-state index contributed by atoms with van der Waals surface area (Å²) in [5.74, 6) is -3.19. The number of aromatic nitrogens is 2. The lowest BCUT2D eigenvalue weighted by atomic mass is 9.96. The number of hydrogen-bond acceptors (Lipinski definition) is 9. The molecule has 0 radical (unpaired) electrons. The summed E-state index contributed by atoms with van der Waals surface area (Å²) in [5, 5.41) is 24.6. The molecule has 0 fully saturated rings. The Morgan fingerprint density at radius 1 is 0.702 bits per heavy atom. The Hall–Kier alpha value is -5.57. The predicted octanol–water partition coefficient (Wildman–Crippen LogP) is 3.27. The Morgan fingerprint density at radius 2 is 1.28 bits per heavy atom. The molecule has 0 aliphatic heterocycles. The van der Waals surface area contributed by atoms with Gasteiger partial charge in [0.25, 0.3) is 0 Å². The van der Waals surface area contributed by atoms with Crippen molar-refractivity contribution < 1.29 is 38.6 Å². The van der Waals surface area contributed by atoms with E-state index in [-0.39, 0.29) is 43.9 Å². The quantitative estimate of drug-likeness (QED) is 0.0892. The van der Waals surface area contributed by atoms with E-state index in [0.717, 1.165) is 11.1 Å². The second kappa shape index (κ2) is 22.2. The molecule has 2 aromatic carbocycles. The van der Waals surface area contributed by atoms with Gasteiger partial charge in [0.2, 0.25) is 29.5 Å². The van der Waals surface area contributed by atoms with Crippen LogP contribution in [0.25, 0.3) is 0 Å². The average molecular weight is 790 g/mol. The molecule has 0 unspecified atom stereocenters. The van der Waals surface area contributed by atoms with Gasteiger partial charge in [0.1, 0.15) is 23.7 Å². The van der Waals surface area contributed by atoms with Crippen molar-refractivity contribution in [3.05, 3.63) is 90.0 Å². The van der Waals surface area contributed by atoms with E-state index in [0.29, 0.717) is 5.69 Å². The number of nitrogens with zero attached hydrogens (tertiary/aromatic N) is 1. The molecule has 0 saturated heterocycles. The fourth-order valence-electron chi connectivity index (χ4n) is 6.04. The van der Waals surface area contributed by atoms with Crippen molar-refractivity contribution in [1.29, 1.82) is 0 Å². The van der Waals surface area contributed by atoms with Crippen molar-refractivity contribution in [2.75, 3.05) is 0 Å². The van der Waals surface area contributed by atoms with E-state index in [2.05, 4.69) is 36.6 Å². The molecule has 7 N–H and O–H groups in total. The molecule has 5 atom stereocenters. The Labute approximate surface area is 334 Å². The summed E-state index contributed by atoms with van der Waals surface area (Å²) in [6.45, 7) is 12.6. The summed E-state index contributed by atoms with van der Waals surface area (Å²) in [4.78, 5) is 86.9. The summed E-state index contributed by atoms with van der Waals surface area (Å²) in [6.07, 6.45) is 0.908. The molecule has 15 heteroatoms. The van der Waals surface area contributed by atoms with Gasteiger partial charge >= 0.3 is 6.09 Å². The van der Waals surface area contributed by atoms with E-state index >= 15 is 0 Å². The van der Waals surface area contributed by atoms with Crippen LogP contribution in [0, 0.1) is 11.8 Å². The van der Waals surface area contributed by atoms with E-state index in [9.17, 15) is 33.9 Å². The van der Waals surface area contributed by atoms with Gasteiger partial charge in [-0.3, -0.25) is 29.3 Å². The Kier molecular flexibility index (Phi) is 17.9. The number of nitrogens with one attached hydrogen (secondary N) is 6. The number of H-pyrrole nitrogens is 1. The van der Waals surface area contributed by atoms with E-state index in [4.69, 9.17) is 4.74 Å². The van der Waals surface area contributed by atoms with Gasteiger partial charge in [-0.1, -0.05) is 88.4 Å². The third-order valence-corrected chi connectivity index (χ3v) is 8.63. The number of aliphatic hydroxyl groups is 1. The minimum atomic E-state index is -1.39. The summed E-state index contributed by atoms with van der Waals surface area (Å²) in [5.41, 5.74) is 1.12. The zero-order chi connectivity index (χ0) is 42.1. The number of alkyl carbamates (subject to hydrolysis) is 1. The molecule has 1 aromatic heterocycles. The number of carbonyl (C=O) groups excluding carboxylic acids is 6. The van der Waals surface area contributed by atoms with Gasteiger partial charge in [0.15, 0.2) is 0 Å². The maximum atomic E-state index is 14.0. The van der Waals surface area contributed by atoms with E-state index in [1.54, 1.807) is 63.4 Å². The molecule has 1 heterocycles. The van der Waals surface area contributed by atoms with Crippen LogP contribution < -0.4 is 26.6 Å². The van der Waals surface area contributed by atoms with Crippen LogP contribution in [0.1, 0.15) is 84.5 Å². The van der Waals surface area contributed by atoms with Crippen LogP contribution in [0.4, 0.5) is 4.79 Å². The lowest BCUT2D eigenvalue weighted by Gasteiger charge is -2.29. The van der Waals surface area contributed by atoms with E-state index < -0.39 is 77.9 Å². The first-order chi connectivity index (χ1) is 26.9. The van der Waals surface area contributed by atoms with Gasteiger partial charge in [0, 0.05) is 19.0 Å². The first-order valence-electron chi connectivity index (χ1n) is 19.3. The highest BCUT2D eigenvalue weighted by molar-refractivity contribution is 6.00. The number of benzene rings is 2. The highest BCUT2D eigenvalue weighted by Gasteiger charge is 2.33. The highest BCUT2D eigenvalue weighted by atomic mass is 16.6. The molecule has 0 bridgehead atoms. The van der Waals surface area contributed by atoms with Gasteiger partial charge in [0.05, 0.1) is 37.0 Å². The molecule has 0 saturated carbocycles. The van der Waals surface area contributed by atoms with Crippen LogP contribution in [0.15, 0.2) is 73.2 Å². The Bertz CT molecular complexity index is 1740. The molecule has 57 heavy (non-hydrogen) atoms. The first kappa shape index (κ1) is 45.8. The maximum Gasteiger partial charge on any atom is 0.408 e. The smallest absolute Gasteiger partial charge is 0.408 e. The Balaban J connectivity index is 1.76. The van der Waals surface area contributed by atoms with Gasteiger partial charge in [-0.25, -0.2) is 9.78 Å². The first-order valence-corrected chi connectivity index (χ1v) is 19.3. The summed E-state index contributed by atoms with van der Waals surface area (Å²) in [6, 6.07) is 13.7. The lowest BCUT2D eigenvalue weighted by molar-refractivity contribution is -0.135. The molecule has 0 spiro atoms. The van der Waals surface area contributed by atoms with Crippen molar-refractivity contribution >= 4 is 35.6 Å². The van der Waals surface area contributed by atoms with Crippen molar-refractivity contribution in [2.24, 2.45) is 11.8 Å². The Morgan fingerprint density at radius 3 is 1.84 bits per heavy atom. The van der Waals surface area contributed by atoms with Crippen molar-refractivity contribution in [3.63, 3.8) is 0 Å². The lowest BCUT2D eigenvalue weighted by Crippen LogP contribution is -2.58. The number of ether oxygens (including phenoxy) is 1. The van der Waals surface area contributed by atoms with Gasteiger partial charge < -0.3 is 36.1 Å². The molecule has 15 nitrogen and oxygen atoms in total. The normalized spacial score (nSPS) is 14.1. The zero-order valence-electron chi connectivity index (χ0n) is 34.0. The minimum Gasteiger partial charge on any atom is -0.444 e. The molecule has 0 aliphatic rings. The minimum absolute atomic E-state index is 0.0141. The third kappa shape index (κ3) is 17.4. The predicted molar refractivity (Wildman–Crippen MR) is 214 cm³/mol. The number of carbonyl (C=O) groups is 6. The van der Waals surface area contributed by atoms with Crippen molar-refractivity contribution in [1.82, 2.24) is 36.6 Å². The molecule has 6 amide bonds. The standard InChI is InChI=1S/C42H59N7O8/c1-26(2)18-31(35(50)23-37(52)45-32(19-27(3)4)40(55)49-36(51)21-29-16-12-9-13-17-29)46-39(54)34(22-30-24-43-25-44-30)47-38(53)33(20-28-14-10-8-11-15-28)48-41(56)57-42(5,6)7/h8-17,24-27,31-35,50H,18-23H2,1-7H3,(H,43,44)(H,45,52)(H,46,54)(H,47,53)(H,48,56)(H,49,51,55)/t31-,32-,33-,34-,35-/m0/s1. The number of imidazole rings is 1. The van der Waals surface area contributed by atoms with E-state index in [1.807, 2.05) is 52.0 Å². The topological polar surface area (TPSA) is 221 Å². The van der Waals surface area contributed by atoms with Crippen LogP contribution in [0.3, 0.4) is 0 Å². The second-order valence-corrected chi connectivity index (χ2v) is 16.1. The van der Waals surface area contributed by atoms with Crippen LogP contribution in [0.2, 0.25) is 0 Å². The van der Waals surface area contributed by atoms with Crippen molar-refractivity contribution in [3.8, 4) is 0 Å². The average Bonchev–Trinajstić information content (AvgIpc) is 3.63. The van der Waals surface area contributed by atoms with Gasteiger partial charge in [-0.15, -0.1) is 0 Å². The number of amides is 6. The molecular weight excluding hydrogens is 731 g/mol. The maximum absolute atomic E-state index is 14.0. The van der Waals surface area contributed by atoms with Crippen LogP contribution >= 0.6 is 0 Å². The number of aliphatic hydroxyl groups excluding tert-OH is 1. The van der Waals surface area contributed by atoms with Crippen LogP contribution in [0.5, 0.6) is 0 Å². The molecular formula is C42H59N7O8. The van der Waals surface area contributed by atoms with Gasteiger partial charge in [-0.05, 0) is 56.6 Å². The van der Waals surface area contributed by atoms with Gasteiger partial charge in [-0.2, -0.15) is 0 Å². The van der Waals surface area contributed by atoms with Crippen molar-refractivity contribution in [2.45, 2.75) is 123 Å². The third-order valence-electron chi connectivity index (χ3n) is 8.63. The number of aromatic amines is 1. The number of hydrogen-bond donors (Lipinski definition) is 7. The molecule has 3 aromatic rings. The van der Waals surface area contributed by atoms with Crippen LogP contribution in [-0.2, 0) is 48.0 Å². The fraction of sp³-hybridized carbons (Fsp3) is 0.500. The SMILES string of the molecule is CC(C)C[C@H](NC(=O)C[C@H](O)[C@H](CC(C)C)NC(=O)[C@H](Cc1c[nH]cn1)NC(=O)[C@H](Cc1ccccc1)NC(=O)OC(C)(C)C)C(=O)NC(=O)Cc1ccccc1. The fourth-order valence-corrected chi connectivity index (χ4v) is 6.04. The highest BCUT2D eigenvalue weighted by Crippen LogP contribution is 2.15. The summed E-state index contributed by atoms with van der Waals surface area (Å²) >= 11 is 0. The summed E-state index contributed by atoms with van der Waals surface area (Å²) in [7, 11) is 0. The zero-order valence-corrected chi connectivity index (χ0v) is 34.0. The summed E-state index contributed by atoms with van der Waals surface area (Å²) < 4.78 is 5.41. The number of rotatable bonds is 20. The monoisotopic (exact) mass is 789 g/mol. The number of imide groups is 1. The largest absolute Gasteiger partial charge is 0.444 e. The molecule has 310 valence electrons. The molecule has 3 rings (SSSR count).